The lowest BCUT2D eigenvalue weighted by molar-refractivity contribution is -0.0581. The highest BCUT2D eigenvalue weighted by Gasteiger charge is 2.39. The van der Waals surface area contributed by atoms with Crippen LogP contribution in [-0.2, 0) is 4.74 Å². The average Bonchev–Trinajstić information content (AvgIpc) is 2.58. The van der Waals surface area contributed by atoms with E-state index in [1.54, 1.807) is 0 Å². The minimum atomic E-state index is -0.528. The first-order valence-electron chi connectivity index (χ1n) is 5.43. The fourth-order valence-corrected chi connectivity index (χ4v) is 2.44. The van der Waals surface area contributed by atoms with E-state index in [4.69, 9.17) is 4.74 Å². The summed E-state index contributed by atoms with van der Waals surface area (Å²) >= 11 is 0. The molecule has 1 aliphatic rings. The van der Waals surface area contributed by atoms with E-state index >= 15 is 0 Å². The molecule has 1 saturated heterocycles. The standard InChI is InChI=1S/C11H22O2/c1-4-9(5-2)11(3,12)10-6-7-13-8-10/h9-10,12H,4-8H2,1-3H3. The van der Waals surface area contributed by atoms with E-state index in [9.17, 15) is 5.11 Å². The zero-order valence-corrected chi connectivity index (χ0v) is 9.05. The molecule has 1 rings (SSSR count). The van der Waals surface area contributed by atoms with Crippen molar-refractivity contribution in [1.82, 2.24) is 0 Å². The second-order valence-corrected chi connectivity index (χ2v) is 4.30. The van der Waals surface area contributed by atoms with Crippen molar-refractivity contribution >= 4 is 0 Å². The molecule has 2 unspecified atom stereocenters. The Morgan fingerprint density at radius 1 is 1.46 bits per heavy atom. The Labute approximate surface area is 81.3 Å². The first-order chi connectivity index (χ1) is 6.12. The Balaban J connectivity index is 2.60. The fraction of sp³-hybridized carbons (Fsp3) is 1.00. The summed E-state index contributed by atoms with van der Waals surface area (Å²) in [6.45, 7) is 7.84. The van der Waals surface area contributed by atoms with Gasteiger partial charge in [0.1, 0.15) is 0 Å². The normalized spacial score (nSPS) is 27.9. The van der Waals surface area contributed by atoms with Crippen LogP contribution in [0.15, 0.2) is 0 Å². The monoisotopic (exact) mass is 186 g/mol. The van der Waals surface area contributed by atoms with Crippen molar-refractivity contribution in [1.29, 1.82) is 0 Å². The topological polar surface area (TPSA) is 29.5 Å². The molecule has 0 aromatic rings. The van der Waals surface area contributed by atoms with Crippen molar-refractivity contribution in [3.05, 3.63) is 0 Å². The van der Waals surface area contributed by atoms with Crippen LogP contribution in [0.1, 0.15) is 40.0 Å². The highest BCUT2D eigenvalue weighted by molar-refractivity contribution is 4.89. The van der Waals surface area contributed by atoms with Gasteiger partial charge in [-0.3, -0.25) is 0 Å². The summed E-state index contributed by atoms with van der Waals surface area (Å²) in [5.74, 6) is 0.761. The molecule has 0 spiro atoms. The molecule has 1 heterocycles. The van der Waals surface area contributed by atoms with Crippen LogP contribution in [0.2, 0.25) is 0 Å². The van der Waals surface area contributed by atoms with Gasteiger partial charge in [0.15, 0.2) is 0 Å². The van der Waals surface area contributed by atoms with Crippen molar-refractivity contribution in [2.75, 3.05) is 13.2 Å². The predicted molar refractivity (Wildman–Crippen MR) is 53.6 cm³/mol. The Bertz CT molecular complexity index is 140. The SMILES string of the molecule is CCC(CC)C(C)(O)C1CCOC1. The molecule has 13 heavy (non-hydrogen) atoms. The van der Waals surface area contributed by atoms with Crippen LogP contribution in [0.25, 0.3) is 0 Å². The first-order valence-corrected chi connectivity index (χ1v) is 5.43. The van der Waals surface area contributed by atoms with Gasteiger partial charge in [-0.05, 0) is 19.3 Å². The lowest BCUT2D eigenvalue weighted by atomic mass is 9.75. The molecule has 0 radical (unpaired) electrons. The highest BCUT2D eigenvalue weighted by Crippen LogP contribution is 2.35. The summed E-state index contributed by atoms with van der Waals surface area (Å²) in [6, 6.07) is 0. The lowest BCUT2D eigenvalue weighted by Gasteiger charge is -2.36. The van der Waals surface area contributed by atoms with Crippen molar-refractivity contribution in [3.63, 3.8) is 0 Å². The maximum absolute atomic E-state index is 10.4. The maximum atomic E-state index is 10.4. The fourth-order valence-electron chi connectivity index (χ4n) is 2.44. The Kier molecular flexibility index (Phi) is 3.74. The van der Waals surface area contributed by atoms with E-state index < -0.39 is 5.60 Å². The largest absolute Gasteiger partial charge is 0.390 e. The van der Waals surface area contributed by atoms with E-state index in [1.165, 1.54) is 0 Å². The van der Waals surface area contributed by atoms with Gasteiger partial charge in [0.05, 0.1) is 12.2 Å². The predicted octanol–water partition coefficient (Wildman–Crippen LogP) is 2.21. The van der Waals surface area contributed by atoms with Gasteiger partial charge in [0.2, 0.25) is 0 Å². The second-order valence-electron chi connectivity index (χ2n) is 4.30. The summed E-state index contributed by atoms with van der Waals surface area (Å²) in [6.07, 6.45) is 3.13. The van der Waals surface area contributed by atoms with Gasteiger partial charge in [-0.25, -0.2) is 0 Å². The van der Waals surface area contributed by atoms with Crippen molar-refractivity contribution in [3.8, 4) is 0 Å². The third-order valence-corrected chi connectivity index (χ3v) is 3.57. The van der Waals surface area contributed by atoms with Crippen LogP contribution in [0.4, 0.5) is 0 Å². The Morgan fingerprint density at radius 3 is 2.46 bits per heavy atom. The molecule has 1 fully saturated rings. The number of hydrogen-bond acceptors (Lipinski definition) is 2. The molecule has 1 aliphatic heterocycles. The molecule has 2 nitrogen and oxygen atoms in total. The van der Waals surface area contributed by atoms with Gasteiger partial charge in [-0.15, -0.1) is 0 Å². The molecule has 1 N–H and O–H groups in total. The summed E-state index contributed by atoms with van der Waals surface area (Å²) in [5.41, 5.74) is -0.528. The van der Waals surface area contributed by atoms with E-state index in [-0.39, 0.29) is 0 Å². The molecule has 0 aromatic carbocycles. The summed E-state index contributed by atoms with van der Waals surface area (Å²) < 4.78 is 5.32. The summed E-state index contributed by atoms with van der Waals surface area (Å²) in [4.78, 5) is 0. The summed E-state index contributed by atoms with van der Waals surface area (Å²) in [7, 11) is 0. The highest BCUT2D eigenvalue weighted by atomic mass is 16.5. The maximum Gasteiger partial charge on any atom is 0.0698 e. The van der Waals surface area contributed by atoms with Crippen LogP contribution in [-0.4, -0.2) is 23.9 Å². The molecule has 0 aliphatic carbocycles. The van der Waals surface area contributed by atoms with Crippen molar-refractivity contribution < 1.29 is 9.84 Å². The van der Waals surface area contributed by atoms with E-state index in [2.05, 4.69) is 13.8 Å². The third-order valence-electron chi connectivity index (χ3n) is 3.57. The van der Waals surface area contributed by atoms with Crippen molar-refractivity contribution in [2.24, 2.45) is 11.8 Å². The Hall–Kier alpha value is -0.0800. The number of hydrogen-bond donors (Lipinski definition) is 1. The van der Waals surface area contributed by atoms with Gasteiger partial charge >= 0.3 is 0 Å². The van der Waals surface area contributed by atoms with E-state index in [0.29, 0.717) is 11.8 Å². The van der Waals surface area contributed by atoms with Crippen LogP contribution in [0.5, 0.6) is 0 Å². The quantitative estimate of drug-likeness (QED) is 0.729. The van der Waals surface area contributed by atoms with E-state index in [0.717, 1.165) is 32.5 Å². The first kappa shape index (κ1) is 11.0. The van der Waals surface area contributed by atoms with Crippen LogP contribution >= 0.6 is 0 Å². The molecule has 0 amide bonds. The summed E-state index contributed by atoms with van der Waals surface area (Å²) in [5, 5.41) is 10.4. The lowest BCUT2D eigenvalue weighted by Crippen LogP contribution is -2.42. The molecule has 2 heteroatoms. The van der Waals surface area contributed by atoms with Gasteiger partial charge in [0, 0.05) is 12.5 Å². The third kappa shape index (κ3) is 2.23. The molecule has 2 atom stereocenters. The minimum Gasteiger partial charge on any atom is -0.390 e. The minimum absolute atomic E-state index is 0.345. The zero-order chi connectivity index (χ0) is 9.90. The van der Waals surface area contributed by atoms with Gasteiger partial charge < -0.3 is 9.84 Å². The molecular weight excluding hydrogens is 164 g/mol. The smallest absolute Gasteiger partial charge is 0.0698 e. The zero-order valence-electron chi connectivity index (χ0n) is 9.05. The van der Waals surface area contributed by atoms with Crippen molar-refractivity contribution in [2.45, 2.75) is 45.6 Å². The van der Waals surface area contributed by atoms with Crippen LogP contribution in [0.3, 0.4) is 0 Å². The molecule has 0 saturated carbocycles. The van der Waals surface area contributed by atoms with Crippen LogP contribution in [0, 0.1) is 11.8 Å². The Morgan fingerprint density at radius 2 is 2.08 bits per heavy atom. The molecule has 0 aromatic heterocycles. The molecule has 78 valence electrons. The van der Waals surface area contributed by atoms with Gasteiger partial charge in [0.25, 0.3) is 0 Å². The number of rotatable bonds is 4. The molecular formula is C11H22O2. The second kappa shape index (κ2) is 4.43. The van der Waals surface area contributed by atoms with Gasteiger partial charge in [-0.1, -0.05) is 26.7 Å². The number of aliphatic hydroxyl groups is 1. The average molecular weight is 186 g/mol. The molecule has 0 bridgehead atoms. The number of ether oxygens (including phenoxy) is 1. The van der Waals surface area contributed by atoms with Gasteiger partial charge in [-0.2, -0.15) is 0 Å². The van der Waals surface area contributed by atoms with E-state index in [1.807, 2.05) is 6.92 Å². The van der Waals surface area contributed by atoms with Crippen LogP contribution < -0.4 is 0 Å².